The molecule has 0 aliphatic heterocycles. The molecule has 4 nitrogen and oxygen atoms in total. The van der Waals surface area contributed by atoms with Gasteiger partial charge in [0.15, 0.2) is 0 Å². The number of esters is 1. The van der Waals surface area contributed by atoms with Crippen LogP contribution >= 0.6 is 22.6 Å². The molecule has 5 heteroatoms. The lowest BCUT2D eigenvalue weighted by atomic mass is 10.0. The Morgan fingerprint density at radius 2 is 1.69 bits per heavy atom. The Bertz CT molecular complexity index is 955. The average Bonchev–Trinajstić information content (AvgIpc) is 2.68. The molecule has 0 heterocycles. The smallest absolute Gasteiger partial charge is 0.328 e. The zero-order chi connectivity index (χ0) is 18.5. The van der Waals surface area contributed by atoms with Gasteiger partial charge in [-0.3, -0.25) is 4.79 Å². The summed E-state index contributed by atoms with van der Waals surface area (Å²) >= 11 is 2.22. The molecular formula is C21H18INO3. The average molecular weight is 459 g/mol. The number of carbonyl (C=O) groups excluding carboxylic acids is 2. The molecule has 0 aliphatic carbocycles. The second-order valence-electron chi connectivity index (χ2n) is 5.91. The lowest BCUT2D eigenvalue weighted by Gasteiger charge is -2.17. The van der Waals surface area contributed by atoms with E-state index >= 15 is 0 Å². The highest BCUT2D eigenvalue weighted by atomic mass is 127. The molecule has 0 unspecified atom stereocenters. The summed E-state index contributed by atoms with van der Waals surface area (Å²) in [6.07, 6.45) is 0.380. The maximum atomic E-state index is 12.7. The highest BCUT2D eigenvalue weighted by molar-refractivity contribution is 14.1. The summed E-state index contributed by atoms with van der Waals surface area (Å²) in [6, 6.07) is 20.3. The van der Waals surface area contributed by atoms with Crippen LogP contribution in [0.1, 0.15) is 15.9 Å². The number of hydrogen-bond acceptors (Lipinski definition) is 3. The minimum Gasteiger partial charge on any atom is -0.467 e. The number of benzene rings is 3. The van der Waals surface area contributed by atoms with E-state index in [0.29, 0.717) is 12.0 Å². The Hall–Kier alpha value is -2.41. The molecule has 0 spiro atoms. The van der Waals surface area contributed by atoms with Crippen molar-refractivity contribution in [1.29, 1.82) is 0 Å². The van der Waals surface area contributed by atoms with Gasteiger partial charge in [0.25, 0.3) is 5.91 Å². The molecule has 0 saturated carbocycles. The third-order valence-electron chi connectivity index (χ3n) is 4.18. The number of fused-ring (bicyclic) bond motifs is 1. The van der Waals surface area contributed by atoms with Gasteiger partial charge in [-0.05, 0) is 57.1 Å². The molecule has 132 valence electrons. The van der Waals surface area contributed by atoms with E-state index in [0.717, 1.165) is 19.9 Å². The molecule has 0 saturated heterocycles. The summed E-state index contributed by atoms with van der Waals surface area (Å²) in [6.45, 7) is 0. The number of rotatable bonds is 5. The number of nitrogens with one attached hydrogen (secondary N) is 1. The number of hydrogen-bond donors (Lipinski definition) is 1. The van der Waals surface area contributed by atoms with E-state index in [1.807, 2.05) is 60.7 Å². The van der Waals surface area contributed by atoms with E-state index in [1.54, 1.807) is 6.07 Å². The van der Waals surface area contributed by atoms with E-state index in [2.05, 4.69) is 27.9 Å². The quantitative estimate of drug-likeness (QED) is 0.465. The number of ether oxygens (including phenoxy) is 1. The van der Waals surface area contributed by atoms with Crippen molar-refractivity contribution < 1.29 is 14.3 Å². The molecule has 0 fully saturated rings. The Morgan fingerprint density at radius 1 is 1.00 bits per heavy atom. The first-order valence-corrected chi connectivity index (χ1v) is 9.27. The topological polar surface area (TPSA) is 55.4 Å². The predicted octanol–water partition coefficient (Wildman–Crippen LogP) is 3.96. The van der Waals surface area contributed by atoms with Gasteiger partial charge in [-0.1, -0.05) is 48.5 Å². The van der Waals surface area contributed by atoms with Crippen LogP contribution in [0.3, 0.4) is 0 Å². The van der Waals surface area contributed by atoms with Crippen molar-refractivity contribution >= 4 is 45.2 Å². The molecule has 0 aliphatic rings. The monoisotopic (exact) mass is 459 g/mol. The fourth-order valence-corrected chi connectivity index (χ4v) is 3.40. The Balaban J connectivity index is 1.82. The maximum Gasteiger partial charge on any atom is 0.328 e. The number of methoxy groups -OCH3 is 1. The van der Waals surface area contributed by atoms with Crippen molar-refractivity contribution in [3.05, 3.63) is 81.4 Å². The Labute approximate surface area is 165 Å². The first-order valence-electron chi connectivity index (χ1n) is 8.19. The van der Waals surface area contributed by atoms with Crippen LogP contribution in [0.25, 0.3) is 10.8 Å². The standard InChI is InChI=1S/C21H18INO3/c1-26-21(25)19(13-16-8-4-5-9-18(16)22)23-20(24)17-11-10-14-6-2-3-7-15(14)12-17/h2-12,19H,13H2,1H3,(H,23,24)/t19-/m0/s1. The summed E-state index contributed by atoms with van der Waals surface area (Å²) in [5.74, 6) is -0.754. The first-order chi connectivity index (χ1) is 12.6. The van der Waals surface area contributed by atoms with E-state index < -0.39 is 12.0 Å². The predicted molar refractivity (Wildman–Crippen MR) is 110 cm³/mol. The van der Waals surface area contributed by atoms with Crippen LogP contribution < -0.4 is 5.32 Å². The van der Waals surface area contributed by atoms with Crippen molar-refractivity contribution in [3.63, 3.8) is 0 Å². The highest BCUT2D eigenvalue weighted by Gasteiger charge is 2.23. The fraction of sp³-hybridized carbons (Fsp3) is 0.143. The van der Waals surface area contributed by atoms with Crippen LogP contribution in [0.5, 0.6) is 0 Å². The van der Waals surface area contributed by atoms with Crippen LogP contribution in [0.4, 0.5) is 0 Å². The zero-order valence-electron chi connectivity index (χ0n) is 14.2. The second kappa shape index (κ2) is 8.31. The van der Waals surface area contributed by atoms with Crippen LogP contribution in [-0.4, -0.2) is 25.0 Å². The van der Waals surface area contributed by atoms with Crippen LogP contribution in [0.2, 0.25) is 0 Å². The molecule has 1 atom stereocenters. The molecule has 3 rings (SSSR count). The second-order valence-corrected chi connectivity index (χ2v) is 7.07. The van der Waals surface area contributed by atoms with Crippen LogP contribution in [0, 0.1) is 3.57 Å². The normalized spacial score (nSPS) is 11.8. The van der Waals surface area contributed by atoms with E-state index in [-0.39, 0.29) is 5.91 Å². The van der Waals surface area contributed by atoms with E-state index in [1.165, 1.54) is 7.11 Å². The van der Waals surface area contributed by atoms with E-state index in [4.69, 9.17) is 4.74 Å². The third-order valence-corrected chi connectivity index (χ3v) is 5.24. The molecule has 0 aromatic heterocycles. The summed E-state index contributed by atoms with van der Waals surface area (Å²) in [4.78, 5) is 24.8. The molecule has 1 N–H and O–H groups in total. The van der Waals surface area contributed by atoms with Gasteiger partial charge in [-0.25, -0.2) is 4.79 Å². The van der Waals surface area contributed by atoms with Gasteiger partial charge < -0.3 is 10.1 Å². The first kappa shape index (κ1) is 18.4. The van der Waals surface area contributed by atoms with Gasteiger partial charge in [0.2, 0.25) is 0 Å². The van der Waals surface area contributed by atoms with Crippen LogP contribution in [-0.2, 0) is 16.0 Å². The van der Waals surface area contributed by atoms with Crippen molar-refractivity contribution in [3.8, 4) is 0 Å². The minimum absolute atomic E-state index is 0.294. The minimum atomic E-state index is -0.741. The largest absolute Gasteiger partial charge is 0.467 e. The molecule has 1 amide bonds. The van der Waals surface area contributed by atoms with E-state index in [9.17, 15) is 9.59 Å². The molecule has 0 radical (unpaired) electrons. The summed E-state index contributed by atoms with van der Waals surface area (Å²) in [7, 11) is 1.33. The summed E-state index contributed by atoms with van der Waals surface area (Å²) in [5.41, 5.74) is 1.50. The lowest BCUT2D eigenvalue weighted by Crippen LogP contribution is -2.43. The van der Waals surface area contributed by atoms with Gasteiger partial charge in [-0.15, -0.1) is 0 Å². The van der Waals surface area contributed by atoms with Gasteiger partial charge >= 0.3 is 5.97 Å². The fourth-order valence-electron chi connectivity index (χ4n) is 2.79. The third kappa shape index (κ3) is 4.22. The molecule has 3 aromatic rings. The Morgan fingerprint density at radius 3 is 2.42 bits per heavy atom. The molecule has 3 aromatic carbocycles. The maximum absolute atomic E-state index is 12.7. The van der Waals surface area contributed by atoms with Crippen molar-refractivity contribution in [2.45, 2.75) is 12.5 Å². The van der Waals surface area contributed by atoms with Gasteiger partial charge in [-0.2, -0.15) is 0 Å². The molecule has 26 heavy (non-hydrogen) atoms. The van der Waals surface area contributed by atoms with Crippen molar-refractivity contribution in [2.24, 2.45) is 0 Å². The lowest BCUT2D eigenvalue weighted by molar-refractivity contribution is -0.142. The van der Waals surface area contributed by atoms with Crippen molar-refractivity contribution in [2.75, 3.05) is 7.11 Å². The Kier molecular flexibility index (Phi) is 5.88. The number of halogens is 1. The molecular weight excluding hydrogens is 441 g/mol. The number of carbonyl (C=O) groups is 2. The highest BCUT2D eigenvalue weighted by Crippen LogP contribution is 2.17. The van der Waals surface area contributed by atoms with Gasteiger partial charge in [0, 0.05) is 15.6 Å². The molecule has 0 bridgehead atoms. The van der Waals surface area contributed by atoms with Gasteiger partial charge in [0.1, 0.15) is 6.04 Å². The van der Waals surface area contributed by atoms with Crippen LogP contribution in [0.15, 0.2) is 66.7 Å². The number of amides is 1. The summed E-state index contributed by atoms with van der Waals surface area (Å²) in [5, 5.41) is 4.85. The zero-order valence-corrected chi connectivity index (χ0v) is 16.4. The summed E-state index contributed by atoms with van der Waals surface area (Å²) < 4.78 is 5.92. The van der Waals surface area contributed by atoms with Gasteiger partial charge in [0.05, 0.1) is 7.11 Å². The SMILES string of the molecule is COC(=O)[C@H](Cc1ccccc1I)NC(=O)c1ccc2ccccc2c1. The van der Waals surface area contributed by atoms with Crippen molar-refractivity contribution in [1.82, 2.24) is 5.32 Å².